The molecule has 1 rings (SSSR count). The molecule has 0 fully saturated rings. The fourth-order valence-electron chi connectivity index (χ4n) is 0.840. The van der Waals surface area contributed by atoms with Crippen LogP contribution < -0.4 is 4.74 Å². The Bertz CT molecular complexity index is 303. The van der Waals surface area contributed by atoms with Crippen molar-refractivity contribution in [2.75, 3.05) is 6.61 Å². The average molecular weight is 181 g/mol. The van der Waals surface area contributed by atoms with Crippen molar-refractivity contribution in [3.8, 4) is 11.9 Å². The van der Waals surface area contributed by atoms with Crippen LogP contribution in [0, 0.1) is 11.3 Å². The lowest BCUT2D eigenvalue weighted by molar-refractivity contribution is 0.250. The van der Waals surface area contributed by atoms with Crippen LogP contribution in [0.2, 0.25) is 0 Å². The van der Waals surface area contributed by atoms with E-state index in [0.717, 1.165) is 0 Å². The molecule has 0 aliphatic rings. The quantitative estimate of drug-likeness (QED) is 0.718. The number of hydrogen-bond acceptors (Lipinski definition) is 4. The molecule has 1 aromatic rings. The lowest BCUT2D eigenvalue weighted by Crippen LogP contribution is -2.09. The van der Waals surface area contributed by atoms with Crippen molar-refractivity contribution < 1.29 is 9.84 Å². The lowest BCUT2D eigenvalue weighted by Gasteiger charge is -2.02. The molecule has 0 aromatic carbocycles. The van der Waals surface area contributed by atoms with Gasteiger partial charge in [0.1, 0.15) is 6.07 Å². The van der Waals surface area contributed by atoms with Crippen molar-refractivity contribution in [2.24, 2.45) is 0 Å². The molecule has 0 unspecified atom stereocenters. The molecule has 5 heteroatoms. The average Bonchev–Trinajstić information content (AvgIpc) is 2.53. The first-order chi connectivity index (χ1) is 6.26. The number of aromatic nitrogens is 2. The minimum Gasteiger partial charge on any atom is -0.458 e. The molecule has 5 nitrogen and oxygen atoms in total. The van der Waals surface area contributed by atoms with E-state index in [2.05, 4.69) is 5.10 Å². The highest BCUT2D eigenvalue weighted by Crippen LogP contribution is 2.07. The lowest BCUT2D eigenvalue weighted by atomic mass is 10.5. The summed E-state index contributed by atoms with van der Waals surface area (Å²) in [5.41, 5.74) is 0. The molecule has 0 radical (unpaired) electrons. The van der Waals surface area contributed by atoms with Crippen LogP contribution in [-0.2, 0) is 6.54 Å². The van der Waals surface area contributed by atoms with Gasteiger partial charge in [-0.1, -0.05) is 0 Å². The molecule has 0 aliphatic heterocycles. The van der Waals surface area contributed by atoms with Gasteiger partial charge in [0.25, 0.3) is 0 Å². The van der Waals surface area contributed by atoms with Crippen molar-refractivity contribution in [2.45, 2.75) is 19.6 Å². The summed E-state index contributed by atoms with van der Waals surface area (Å²) in [6, 6.07) is 3.59. The van der Waals surface area contributed by atoms with Crippen LogP contribution in [0.5, 0.6) is 5.88 Å². The molecule has 1 heterocycles. The summed E-state index contributed by atoms with van der Waals surface area (Å²) in [4.78, 5) is 0. The molecule has 1 N–H and O–H groups in total. The van der Waals surface area contributed by atoms with Crippen LogP contribution in [0.3, 0.4) is 0 Å². The summed E-state index contributed by atoms with van der Waals surface area (Å²) < 4.78 is 6.67. The molecule has 0 spiro atoms. The zero-order valence-corrected chi connectivity index (χ0v) is 7.34. The number of aliphatic hydroxyl groups is 1. The molecule has 0 bridgehead atoms. The first-order valence-electron chi connectivity index (χ1n) is 3.97. The SMILES string of the molecule is C[C@@H](C#N)Oc1ccn(CCO)n1. The summed E-state index contributed by atoms with van der Waals surface area (Å²) in [7, 11) is 0. The van der Waals surface area contributed by atoms with E-state index in [-0.39, 0.29) is 6.61 Å². The van der Waals surface area contributed by atoms with E-state index in [9.17, 15) is 0 Å². The van der Waals surface area contributed by atoms with Crippen molar-refractivity contribution in [1.29, 1.82) is 5.26 Å². The van der Waals surface area contributed by atoms with Gasteiger partial charge in [0.2, 0.25) is 5.88 Å². The zero-order valence-electron chi connectivity index (χ0n) is 7.34. The molecule has 70 valence electrons. The number of rotatable bonds is 4. The van der Waals surface area contributed by atoms with Gasteiger partial charge < -0.3 is 9.84 Å². The molecule has 13 heavy (non-hydrogen) atoms. The van der Waals surface area contributed by atoms with Crippen LogP contribution in [0.15, 0.2) is 12.3 Å². The highest BCUT2D eigenvalue weighted by molar-refractivity contribution is 5.07. The van der Waals surface area contributed by atoms with E-state index in [4.69, 9.17) is 15.1 Å². The van der Waals surface area contributed by atoms with Crippen molar-refractivity contribution in [1.82, 2.24) is 9.78 Å². The molecular formula is C8H11N3O2. The smallest absolute Gasteiger partial charge is 0.234 e. The third-order valence-electron chi connectivity index (χ3n) is 1.42. The third-order valence-corrected chi connectivity index (χ3v) is 1.42. The molecule has 0 aliphatic carbocycles. The summed E-state index contributed by atoms with van der Waals surface area (Å²) in [5, 5.41) is 21.0. The number of hydrogen-bond donors (Lipinski definition) is 1. The largest absolute Gasteiger partial charge is 0.458 e. The Labute approximate surface area is 76.2 Å². The maximum atomic E-state index is 8.60. The minimum absolute atomic E-state index is 0.0366. The Morgan fingerprint density at radius 1 is 1.85 bits per heavy atom. The monoisotopic (exact) mass is 181 g/mol. The van der Waals surface area contributed by atoms with E-state index < -0.39 is 6.10 Å². The highest BCUT2D eigenvalue weighted by atomic mass is 16.5. The van der Waals surface area contributed by atoms with E-state index >= 15 is 0 Å². The molecule has 0 amide bonds. The Kier molecular flexibility index (Phi) is 3.29. The van der Waals surface area contributed by atoms with Gasteiger partial charge in [-0.3, -0.25) is 4.68 Å². The van der Waals surface area contributed by atoms with Crippen LogP contribution in [0.25, 0.3) is 0 Å². The topological polar surface area (TPSA) is 71.1 Å². The molecule has 0 saturated heterocycles. The third kappa shape index (κ3) is 2.76. The summed E-state index contributed by atoms with van der Waals surface area (Å²) in [5.74, 6) is 0.405. The Balaban J connectivity index is 2.54. The fraction of sp³-hybridized carbons (Fsp3) is 0.500. The predicted octanol–water partition coefficient (Wildman–Crippen LogP) is 0.166. The number of nitriles is 1. The van der Waals surface area contributed by atoms with Crippen molar-refractivity contribution in [3.63, 3.8) is 0 Å². The van der Waals surface area contributed by atoms with Crippen molar-refractivity contribution in [3.05, 3.63) is 12.3 Å². The van der Waals surface area contributed by atoms with Crippen molar-refractivity contribution >= 4 is 0 Å². The van der Waals surface area contributed by atoms with E-state index in [1.165, 1.54) is 0 Å². The first-order valence-corrected chi connectivity index (χ1v) is 3.97. The first kappa shape index (κ1) is 9.55. The zero-order chi connectivity index (χ0) is 9.68. The molecule has 1 aromatic heterocycles. The van der Waals surface area contributed by atoms with Gasteiger partial charge in [0.15, 0.2) is 6.10 Å². The number of nitrogens with zero attached hydrogens (tertiary/aromatic N) is 3. The Hall–Kier alpha value is -1.54. The van der Waals surface area contributed by atoms with Gasteiger partial charge in [-0.25, -0.2) is 0 Å². The van der Waals surface area contributed by atoms with Gasteiger partial charge in [0.05, 0.1) is 13.2 Å². The second-order valence-electron chi connectivity index (χ2n) is 2.53. The van der Waals surface area contributed by atoms with E-state index in [1.54, 1.807) is 23.9 Å². The predicted molar refractivity (Wildman–Crippen MR) is 45.0 cm³/mol. The maximum Gasteiger partial charge on any atom is 0.234 e. The molecular weight excluding hydrogens is 170 g/mol. The number of aliphatic hydroxyl groups excluding tert-OH is 1. The van der Waals surface area contributed by atoms with Crippen LogP contribution in [-0.4, -0.2) is 27.6 Å². The summed E-state index contributed by atoms with van der Waals surface area (Å²) >= 11 is 0. The van der Waals surface area contributed by atoms with Crippen LogP contribution >= 0.6 is 0 Å². The fourth-order valence-corrected chi connectivity index (χ4v) is 0.840. The standard InChI is InChI=1S/C8H11N3O2/c1-7(6-9)13-8-2-3-11(10-8)4-5-12/h2-3,7,12H,4-5H2,1H3/t7-/m0/s1. The highest BCUT2D eigenvalue weighted by Gasteiger charge is 2.03. The molecule has 1 atom stereocenters. The van der Waals surface area contributed by atoms with Crippen LogP contribution in [0.1, 0.15) is 6.92 Å². The van der Waals surface area contributed by atoms with E-state index in [1.807, 2.05) is 6.07 Å². The van der Waals surface area contributed by atoms with Gasteiger partial charge in [-0.05, 0) is 6.92 Å². The maximum absolute atomic E-state index is 8.60. The van der Waals surface area contributed by atoms with Gasteiger partial charge in [-0.15, -0.1) is 5.10 Å². The summed E-state index contributed by atoms with van der Waals surface area (Å²) in [6.07, 6.45) is 1.19. The Morgan fingerprint density at radius 2 is 2.62 bits per heavy atom. The van der Waals surface area contributed by atoms with Crippen LogP contribution in [0.4, 0.5) is 0 Å². The second-order valence-corrected chi connectivity index (χ2v) is 2.53. The normalized spacial score (nSPS) is 12.1. The van der Waals surface area contributed by atoms with Gasteiger partial charge in [0, 0.05) is 12.3 Å². The minimum atomic E-state index is -0.502. The van der Waals surface area contributed by atoms with Gasteiger partial charge >= 0.3 is 0 Å². The molecule has 0 saturated carbocycles. The Morgan fingerprint density at radius 3 is 3.23 bits per heavy atom. The number of ether oxygens (including phenoxy) is 1. The van der Waals surface area contributed by atoms with E-state index in [0.29, 0.717) is 12.4 Å². The second kappa shape index (κ2) is 4.48. The van der Waals surface area contributed by atoms with Gasteiger partial charge in [-0.2, -0.15) is 5.26 Å². The summed E-state index contributed by atoms with van der Waals surface area (Å²) in [6.45, 7) is 2.12.